The molecular weight excluding hydrogens is 270 g/mol. The maximum absolute atomic E-state index is 11.8. The molecule has 6 heteroatoms. The summed E-state index contributed by atoms with van der Waals surface area (Å²) < 4.78 is 7.32. The highest BCUT2D eigenvalue weighted by molar-refractivity contribution is 5.90. The lowest BCUT2D eigenvalue weighted by Gasteiger charge is -2.08. The number of hydrazine groups is 1. The van der Waals surface area contributed by atoms with Crippen LogP contribution < -0.4 is 16.7 Å². The number of hydrogen-bond donors (Lipinski definition) is 2. The Bertz CT molecular complexity index is 864. The summed E-state index contributed by atoms with van der Waals surface area (Å²) in [6.07, 6.45) is 1.70. The Kier molecular flexibility index (Phi) is 3.29. The maximum atomic E-state index is 11.8. The van der Waals surface area contributed by atoms with Crippen LogP contribution in [0.3, 0.4) is 0 Å². The van der Waals surface area contributed by atoms with Gasteiger partial charge < -0.3 is 8.98 Å². The van der Waals surface area contributed by atoms with Crippen molar-refractivity contribution in [2.75, 3.05) is 0 Å². The number of hydrogen-bond acceptors (Lipinski definition) is 4. The first-order chi connectivity index (χ1) is 10.2. The van der Waals surface area contributed by atoms with E-state index >= 15 is 0 Å². The smallest absolute Gasteiger partial charge is 0.300 e. The van der Waals surface area contributed by atoms with E-state index in [9.17, 15) is 9.59 Å². The number of aromatic nitrogens is 1. The van der Waals surface area contributed by atoms with E-state index < -0.39 is 5.91 Å². The molecule has 0 saturated heterocycles. The van der Waals surface area contributed by atoms with E-state index in [2.05, 4.69) is 0 Å². The molecule has 2 aromatic heterocycles. The van der Waals surface area contributed by atoms with Crippen LogP contribution in [0.1, 0.15) is 16.3 Å². The molecule has 1 aromatic carbocycles. The first-order valence-corrected chi connectivity index (χ1v) is 6.37. The number of nitrogen functional groups attached to an aromatic ring is 1. The molecule has 106 valence electrons. The van der Waals surface area contributed by atoms with Crippen LogP contribution in [0, 0.1) is 0 Å². The Labute approximate surface area is 119 Å². The van der Waals surface area contributed by atoms with Crippen LogP contribution in [-0.4, -0.2) is 10.5 Å². The predicted molar refractivity (Wildman–Crippen MR) is 77.7 cm³/mol. The van der Waals surface area contributed by atoms with Crippen molar-refractivity contribution in [3.63, 3.8) is 0 Å². The number of pyridine rings is 1. The summed E-state index contributed by atoms with van der Waals surface area (Å²) >= 11 is 0. The van der Waals surface area contributed by atoms with Crippen LogP contribution in [-0.2, 0) is 6.54 Å². The van der Waals surface area contributed by atoms with Crippen molar-refractivity contribution in [1.82, 2.24) is 9.99 Å². The summed E-state index contributed by atoms with van der Waals surface area (Å²) in [5, 5.41) is 0.645. The number of carbonyl (C=O) groups excluding carboxylic acids is 1. The van der Waals surface area contributed by atoms with Gasteiger partial charge >= 0.3 is 5.91 Å². The van der Waals surface area contributed by atoms with Crippen LogP contribution in [0.5, 0.6) is 0 Å². The number of benzene rings is 1. The molecule has 2 heterocycles. The van der Waals surface area contributed by atoms with E-state index in [0.717, 1.165) is 5.52 Å². The largest absolute Gasteiger partial charge is 0.454 e. The fraction of sp³-hybridized carbons (Fsp3) is 0.0667. The van der Waals surface area contributed by atoms with Crippen molar-refractivity contribution in [1.29, 1.82) is 0 Å². The number of para-hydroxylation sites is 1. The zero-order valence-corrected chi connectivity index (χ0v) is 11.1. The fourth-order valence-corrected chi connectivity index (χ4v) is 2.22. The second-order valence-corrected chi connectivity index (χ2v) is 4.56. The molecule has 1 amide bonds. The lowest BCUT2D eigenvalue weighted by Crippen LogP contribution is -2.29. The number of nitrogens with zero attached hydrogens (tertiary/aromatic N) is 1. The third-order valence-electron chi connectivity index (χ3n) is 3.23. The Morgan fingerprint density at radius 2 is 2.00 bits per heavy atom. The van der Waals surface area contributed by atoms with Gasteiger partial charge in [0.25, 0.3) is 0 Å². The Hall–Kier alpha value is -2.86. The van der Waals surface area contributed by atoms with Gasteiger partial charge in [-0.05, 0) is 24.3 Å². The third kappa shape index (κ3) is 2.44. The highest BCUT2D eigenvalue weighted by Crippen LogP contribution is 2.14. The van der Waals surface area contributed by atoms with Crippen molar-refractivity contribution in [2.45, 2.75) is 6.54 Å². The van der Waals surface area contributed by atoms with Gasteiger partial charge in [0.15, 0.2) is 11.2 Å². The summed E-state index contributed by atoms with van der Waals surface area (Å²) in [5.41, 5.74) is 2.80. The molecule has 0 atom stereocenters. The van der Waals surface area contributed by atoms with E-state index in [4.69, 9.17) is 10.3 Å². The Balaban J connectivity index is 1.99. The molecule has 0 spiro atoms. The highest BCUT2D eigenvalue weighted by Gasteiger charge is 2.10. The van der Waals surface area contributed by atoms with Gasteiger partial charge in [-0.1, -0.05) is 12.1 Å². The molecule has 3 rings (SSSR count). The number of fused-ring (bicyclic) bond motifs is 1. The zero-order valence-electron chi connectivity index (χ0n) is 11.1. The lowest BCUT2D eigenvalue weighted by atomic mass is 10.2. The van der Waals surface area contributed by atoms with Gasteiger partial charge in [0, 0.05) is 17.6 Å². The number of rotatable bonds is 3. The first-order valence-electron chi connectivity index (χ1n) is 6.37. The molecule has 0 aliphatic rings. The average molecular weight is 283 g/mol. The lowest BCUT2D eigenvalue weighted by molar-refractivity contribution is 0.0924. The number of furan rings is 1. The molecular formula is C15H13N3O3. The van der Waals surface area contributed by atoms with E-state index in [1.54, 1.807) is 24.4 Å². The Morgan fingerprint density at radius 3 is 2.81 bits per heavy atom. The summed E-state index contributed by atoms with van der Waals surface area (Å²) in [4.78, 5) is 23.2. The van der Waals surface area contributed by atoms with Crippen LogP contribution in [0.2, 0.25) is 0 Å². The zero-order chi connectivity index (χ0) is 14.8. The molecule has 3 N–H and O–H groups in total. The third-order valence-corrected chi connectivity index (χ3v) is 3.23. The molecule has 0 aliphatic heterocycles. The monoisotopic (exact) mass is 283 g/mol. The van der Waals surface area contributed by atoms with Gasteiger partial charge in [-0.2, -0.15) is 0 Å². The van der Waals surface area contributed by atoms with Gasteiger partial charge in [-0.15, -0.1) is 0 Å². The van der Waals surface area contributed by atoms with E-state index in [0.29, 0.717) is 17.7 Å². The molecule has 6 nitrogen and oxygen atoms in total. The fourth-order valence-electron chi connectivity index (χ4n) is 2.22. The summed E-state index contributed by atoms with van der Waals surface area (Å²) in [6.45, 7) is 0.415. The highest BCUT2D eigenvalue weighted by atomic mass is 16.4. The first kappa shape index (κ1) is 13.1. The number of nitrogens with one attached hydrogen (secondary N) is 1. The van der Waals surface area contributed by atoms with Crippen molar-refractivity contribution in [3.8, 4) is 0 Å². The molecule has 0 unspecified atom stereocenters. The standard InChI is InChI=1S/C15H13N3O3/c16-17-15(20)14-6-5-10(21-14)9-18-8-7-13(19)11-3-1-2-4-12(11)18/h1-8H,9,16H2,(H,17,20). The van der Waals surface area contributed by atoms with Gasteiger partial charge in [0.05, 0.1) is 12.1 Å². The quantitative estimate of drug-likeness (QED) is 0.430. The number of amides is 1. The van der Waals surface area contributed by atoms with Crippen LogP contribution in [0.15, 0.2) is 57.9 Å². The summed E-state index contributed by atoms with van der Waals surface area (Å²) in [7, 11) is 0. The number of carbonyl (C=O) groups is 1. The van der Waals surface area contributed by atoms with Crippen molar-refractivity contribution >= 4 is 16.8 Å². The van der Waals surface area contributed by atoms with E-state index in [1.165, 1.54) is 6.07 Å². The molecule has 0 saturated carbocycles. The SMILES string of the molecule is NNC(=O)c1ccc(Cn2ccc(=O)c3ccccc32)o1. The van der Waals surface area contributed by atoms with Gasteiger partial charge in [-0.3, -0.25) is 15.0 Å². The van der Waals surface area contributed by atoms with Crippen molar-refractivity contribution in [3.05, 3.63) is 70.4 Å². The van der Waals surface area contributed by atoms with E-state index in [-0.39, 0.29) is 11.2 Å². The molecule has 0 fully saturated rings. The minimum atomic E-state index is -0.481. The summed E-state index contributed by atoms with van der Waals surface area (Å²) in [6, 6.07) is 12.1. The van der Waals surface area contributed by atoms with Crippen LogP contribution >= 0.6 is 0 Å². The second-order valence-electron chi connectivity index (χ2n) is 4.56. The van der Waals surface area contributed by atoms with Crippen LogP contribution in [0.25, 0.3) is 10.9 Å². The molecule has 21 heavy (non-hydrogen) atoms. The molecule has 0 aliphatic carbocycles. The van der Waals surface area contributed by atoms with Gasteiger partial charge in [-0.25, -0.2) is 5.84 Å². The van der Waals surface area contributed by atoms with Gasteiger partial charge in [0.1, 0.15) is 5.76 Å². The molecule has 0 radical (unpaired) electrons. The second kappa shape index (κ2) is 5.26. The predicted octanol–water partition coefficient (Wildman–Crippen LogP) is 1.25. The van der Waals surface area contributed by atoms with Crippen LogP contribution in [0.4, 0.5) is 0 Å². The average Bonchev–Trinajstić information content (AvgIpc) is 2.98. The normalized spacial score (nSPS) is 10.7. The van der Waals surface area contributed by atoms with E-state index in [1.807, 2.05) is 28.2 Å². The maximum Gasteiger partial charge on any atom is 0.300 e. The van der Waals surface area contributed by atoms with Crippen molar-refractivity contribution in [2.24, 2.45) is 5.84 Å². The molecule has 0 bridgehead atoms. The molecule has 3 aromatic rings. The Morgan fingerprint density at radius 1 is 1.19 bits per heavy atom. The minimum absolute atomic E-state index is 0.0236. The minimum Gasteiger partial charge on any atom is -0.454 e. The topological polar surface area (TPSA) is 90.3 Å². The number of nitrogens with two attached hydrogens (primary N) is 1. The summed E-state index contributed by atoms with van der Waals surface area (Å²) in [5.74, 6) is 5.33. The van der Waals surface area contributed by atoms with Gasteiger partial charge in [0.2, 0.25) is 0 Å². The van der Waals surface area contributed by atoms with Crippen molar-refractivity contribution < 1.29 is 9.21 Å².